The molecule has 1 atom stereocenters. The maximum absolute atomic E-state index is 13.8. The van der Waals surface area contributed by atoms with Crippen molar-refractivity contribution in [2.75, 3.05) is 37.6 Å². The SMILES string of the molecule is CC1(C)[C@H](Oc2ccc(C#N)c(Cl)c2)C(C)(C)[C@H]1N1Cc2nc(C#CC3CCN(CC4CN(c5ccc6c(c5)C(=O)N(C5CCC(=O)NC5=O)C6=O)C4)CC3)ccc2C1=O. The first kappa shape index (κ1) is 39.7. The highest BCUT2D eigenvalue weighted by atomic mass is 35.5. The summed E-state index contributed by atoms with van der Waals surface area (Å²) in [5.41, 5.74) is 3.17. The van der Waals surface area contributed by atoms with Crippen LogP contribution in [0, 0.1) is 45.8 Å². The Labute approximate surface area is 354 Å². The van der Waals surface area contributed by atoms with Gasteiger partial charge in [0, 0.05) is 66.5 Å². The monoisotopic (exact) mass is 827 g/mol. The number of halogens is 1. The van der Waals surface area contributed by atoms with Crippen LogP contribution < -0.4 is 15.0 Å². The summed E-state index contributed by atoms with van der Waals surface area (Å²) in [5, 5.41) is 11.8. The molecule has 5 aliphatic heterocycles. The molecule has 1 aliphatic carbocycles. The summed E-state index contributed by atoms with van der Waals surface area (Å²) >= 11 is 6.29. The molecule has 0 radical (unpaired) electrons. The predicted octanol–water partition coefficient (Wildman–Crippen LogP) is 5.05. The molecule has 3 aromatic rings. The van der Waals surface area contributed by atoms with Gasteiger partial charge < -0.3 is 19.4 Å². The van der Waals surface area contributed by atoms with Crippen LogP contribution in [-0.2, 0) is 16.1 Å². The Morgan fingerprint density at radius 2 is 1.60 bits per heavy atom. The first-order valence-electron chi connectivity index (χ1n) is 20.7. The number of nitrogens with one attached hydrogen (secondary N) is 1. The van der Waals surface area contributed by atoms with Gasteiger partial charge in [0.05, 0.1) is 39.5 Å². The molecule has 2 aromatic carbocycles. The number of carbonyl (C=O) groups excluding carboxylic acids is 5. The first-order chi connectivity index (χ1) is 28.6. The number of imide groups is 2. The molecule has 1 unspecified atom stereocenters. The number of hydrogen-bond acceptors (Lipinski definition) is 10. The minimum Gasteiger partial charge on any atom is -0.489 e. The number of hydrogen-bond donors (Lipinski definition) is 1. The molecule has 1 aromatic heterocycles. The van der Waals surface area contributed by atoms with Gasteiger partial charge in [0.15, 0.2) is 0 Å². The van der Waals surface area contributed by atoms with Crippen molar-refractivity contribution >= 4 is 46.8 Å². The Balaban J connectivity index is 0.755. The highest BCUT2D eigenvalue weighted by Crippen LogP contribution is 2.59. The molecule has 0 bridgehead atoms. The maximum Gasteiger partial charge on any atom is 0.262 e. The lowest BCUT2D eigenvalue weighted by atomic mass is 9.49. The number of anilines is 1. The number of aromatic nitrogens is 1. The topological polar surface area (TPSA) is 156 Å². The smallest absolute Gasteiger partial charge is 0.262 e. The summed E-state index contributed by atoms with van der Waals surface area (Å²) in [6.07, 6.45) is 1.96. The quantitative estimate of drug-likeness (QED) is 0.253. The molecule has 60 heavy (non-hydrogen) atoms. The minimum atomic E-state index is -0.976. The van der Waals surface area contributed by atoms with Crippen LogP contribution in [0.2, 0.25) is 5.02 Å². The van der Waals surface area contributed by atoms with Crippen molar-refractivity contribution in [2.24, 2.45) is 22.7 Å². The van der Waals surface area contributed by atoms with Gasteiger partial charge in [-0.25, -0.2) is 4.98 Å². The first-order valence-corrected chi connectivity index (χ1v) is 21.0. The lowest BCUT2D eigenvalue weighted by molar-refractivity contribution is -0.199. The average molecular weight is 828 g/mol. The normalized spacial score (nSPS) is 24.8. The molecule has 3 saturated heterocycles. The van der Waals surface area contributed by atoms with Crippen molar-refractivity contribution in [3.8, 4) is 23.7 Å². The van der Waals surface area contributed by atoms with Crippen LogP contribution in [-0.4, -0.2) is 100 Å². The van der Waals surface area contributed by atoms with Crippen LogP contribution in [0.5, 0.6) is 5.75 Å². The number of fused-ring (bicyclic) bond motifs is 2. The van der Waals surface area contributed by atoms with Crippen molar-refractivity contribution in [1.29, 1.82) is 5.26 Å². The average Bonchev–Trinajstić information content (AvgIpc) is 3.64. The number of benzene rings is 2. The molecule has 1 N–H and O–H groups in total. The molecule has 1 saturated carbocycles. The van der Waals surface area contributed by atoms with Gasteiger partial charge in [-0.3, -0.25) is 34.2 Å². The van der Waals surface area contributed by atoms with E-state index in [2.05, 4.69) is 60.7 Å². The Bertz CT molecular complexity index is 2450. The zero-order valence-electron chi connectivity index (χ0n) is 34.1. The predicted molar refractivity (Wildman–Crippen MR) is 221 cm³/mol. The Morgan fingerprint density at radius 3 is 2.30 bits per heavy atom. The zero-order chi connectivity index (χ0) is 42.2. The second kappa shape index (κ2) is 14.8. The van der Waals surface area contributed by atoms with Crippen LogP contribution in [0.1, 0.15) is 101 Å². The largest absolute Gasteiger partial charge is 0.489 e. The number of ether oxygens (including phenoxy) is 1. The van der Waals surface area contributed by atoms with Gasteiger partial charge in [-0.15, -0.1) is 0 Å². The van der Waals surface area contributed by atoms with E-state index in [4.69, 9.17) is 21.3 Å². The number of amides is 5. The number of likely N-dealkylation sites (tertiary alicyclic amines) is 1. The van der Waals surface area contributed by atoms with Crippen LogP contribution in [0.4, 0.5) is 5.69 Å². The van der Waals surface area contributed by atoms with E-state index in [-0.39, 0.29) is 53.2 Å². The van der Waals surface area contributed by atoms with Gasteiger partial charge in [-0.2, -0.15) is 5.26 Å². The minimum absolute atomic E-state index is 0.0257. The van der Waals surface area contributed by atoms with Crippen molar-refractivity contribution in [2.45, 2.75) is 78.1 Å². The van der Waals surface area contributed by atoms with Gasteiger partial charge in [0.2, 0.25) is 11.8 Å². The molecule has 6 aliphatic rings. The van der Waals surface area contributed by atoms with Gasteiger partial charge in [-0.05, 0) is 80.7 Å². The van der Waals surface area contributed by atoms with Crippen molar-refractivity contribution in [3.63, 3.8) is 0 Å². The van der Waals surface area contributed by atoms with Crippen LogP contribution in [0.3, 0.4) is 0 Å². The zero-order valence-corrected chi connectivity index (χ0v) is 34.8. The summed E-state index contributed by atoms with van der Waals surface area (Å²) in [6.45, 7) is 13.5. The lowest BCUT2D eigenvalue weighted by Crippen LogP contribution is -2.74. The summed E-state index contributed by atoms with van der Waals surface area (Å²) in [5.74, 6) is 6.10. The highest BCUT2D eigenvalue weighted by molar-refractivity contribution is 6.31. The highest BCUT2D eigenvalue weighted by Gasteiger charge is 2.67. The van der Waals surface area contributed by atoms with Gasteiger partial charge in [0.25, 0.3) is 17.7 Å². The van der Waals surface area contributed by atoms with Crippen molar-refractivity contribution < 1.29 is 28.7 Å². The fourth-order valence-electron chi connectivity index (χ4n) is 10.8. The van der Waals surface area contributed by atoms with E-state index in [1.807, 2.05) is 23.1 Å². The van der Waals surface area contributed by atoms with Crippen LogP contribution in [0.25, 0.3) is 0 Å². The van der Waals surface area contributed by atoms with E-state index in [0.29, 0.717) is 45.6 Å². The summed E-state index contributed by atoms with van der Waals surface area (Å²) in [4.78, 5) is 76.7. The molecule has 4 fully saturated rings. The number of pyridine rings is 1. The second-order valence-electron chi connectivity index (χ2n) is 18.2. The second-order valence-corrected chi connectivity index (χ2v) is 18.6. The molecule has 9 rings (SSSR count). The van der Waals surface area contributed by atoms with E-state index in [1.165, 1.54) is 0 Å². The molecular formula is C46H46ClN7O6. The number of nitriles is 1. The Kier molecular flexibility index (Phi) is 9.76. The van der Waals surface area contributed by atoms with Crippen molar-refractivity contribution in [3.05, 3.63) is 87.2 Å². The number of piperidine rings is 2. The Hall–Kier alpha value is -5.76. The van der Waals surface area contributed by atoms with Gasteiger partial charge in [0.1, 0.15) is 29.7 Å². The molecule has 13 nitrogen and oxygen atoms in total. The molecule has 5 amide bonds. The fraction of sp³-hybridized carbons (Fsp3) is 0.457. The van der Waals surface area contributed by atoms with E-state index >= 15 is 0 Å². The van der Waals surface area contributed by atoms with Gasteiger partial charge >= 0.3 is 0 Å². The van der Waals surface area contributed by atoms with E-state index < -0.39 is 29.7 Å². The molecule has 6 heterocycles. The molecule has 0 spiro atoms. The number of rotatable bonds is 7. The third kappa shape index (κ3) is 6.68. The van der Waals surface area contributed by atoms with E-state index in [9.17, 15) is 29.2 Å². The Morgan fingerprint density at radius 1 is 0.883 bits per heavy atom. The van der Waals surface area contributed by atoms with E-state index in [1.54, 1.807) is 30.3 Å². The third-order valence-corrected chi connectivity index (χ3v) is 13.7. The van der Waals surface area contributed by atoms with Gasteiger partial charge in [-0.1, -0.05) is 45.2 Å². The summed E-state index contributed by atoms with van der Waals surface area (Å²) in [6, 6.07) is 15.1. The standard InChI is InChI=1S/C46H46ClN7O6/c1-45(2)43(46(3,4)44(45)60-31-10-6-28(21-48)35(47)20-31)53-25-36-33(40(53)57)11-8-29(49-36)7-5-26-15-17-51(18-16-26)22-27-23-52(24-27)30-9-12-32-34(19-30)42(59)54(41(32)58)37-13-14-38(55)50-39(37)56/h6,8-12,19-20,26-27,37,43-44H,13-18,22-25H2,1-4H3,(H,50,55,56)/t37?,43-,44-. The number of carbonyl (C=O) groups is 5. The maximum atomic E-state index is 13.8. The fourth-order valence-corrected chi connectivity index (χ4v) is 11.1. The third-order valence-electron chi connectivity index (χ3n) is 13.4. The van der Waals surface area contributed by atoms with Crippen LogP contribution >= 0.6 is 11.6 Å². The number of nitrogens with zero attached hydrogens (tertiary/aromatic N) is 6. The van der Waals surface area contributed by atoms with E-state index in [0.717, 1.165) is 61.8 Å². The lowest BCUT2D eigenvalue weighted by Gasteiger charge is -2.65. The van der Waals surface area contributed by atoms with Crippen molar-refractivity contribution in [1.82, 2.24) is 25.0 Å². The molecule has 308 valence electrons. The molecule has 14 heteroatoms. The molecular weight excluding hydrogens is 782 g/mol. The van der Waals surface area contributed by atoms with Crippen LogP contribution in [0.15, 0.2) is 48.5 Å². The summed E-state index contributed by atoms with van der Waals surface area (Å²) in [7, 11) is 0. The summed E-state index contributed by atoms with van der Waals surface area (Å²) < 4.78 is 6.46.